The minimum absolute atomic E-state index is 0.0775. The summed E-state index contributed by atoms with van der Waals surface area (Å²) in [5.74, 6) is -1.62. The maximum Gasteiger partial charge on any atom is 0.417 e. The molecule has 6 nitrogen and oxygen atoms in total. The number of alkyl halides is 3. The van der Waals surface area contributed by atoms with Gasteiger partial charge in [-0.05, 0) is 32.2 Å². The van der Waals surface area contributed by atoms with Crippen molar-refractivity contribution in [3.63, 3.8) is 0 Å². The minimum Gasteiger partial charge on any atom is -0.379 e. The molecule has 2 aliphatic heterocycles. The highest BCUT2D eigenvalue weighted by Gasteiger charge is 2.39. The van der Waals surface area contributed by atoms with Gasteiger partial charge < -0.3 is 14.5 Å². The lowest BCUT2D eigenvalue weighted by Crippen LogP contribution is -2.51. The van der Waals surface area contributed by atoms with Crippen molar-refractivity contribution in [2.45, 2.75) is 36.7 Å². The van der Waals surface area contributed by atoms with Gasteiger partial charge >= 0.3 is 11.9 Å². The third kappa shape index (κ3) is 4.59. The van der Waals surface area contributed by atoms with Crippen LogP contribution in [0, 0.1) is 11.6 Å². The van der Waals surface area contributed by atoms with E-state index < -0.39 is 40.7 Å². The smallest absolute Gasteiger partial charge is 0.379 e. The molecule has 0 radical (unpaired) electrons. The van der Waals surface area contributed by atoms with Crippen molar-refractivity contribution in [2.24, 2.45) is 0 Å². The highest BCUT2D eigenvalue weighted by atomic mass is 32.2. The third-order valence-electron chi connectivity index (χ3n) is 6.94. The van der Waals surface area contributed by atoms with Gasteiger partial charge in [-0.1, -0.05) is 0 Å². The Morgan fingerprint density at radius 3 is 2.54 bits per heavy atom. The Morgan fingerprint density at radius 2 is 1.89 bits per heavy atom. The van der Waals surface area contributed by atoms with Crippen LogP contribution in [0.2, 0.25) is 0 Å². The number of nitrogens with zero attached hydrogens (tertiary/aromatic N) is 4. The summed E-state index contributed by atoms with van der Waals surface area (Å²) in [6, 6.07) is 3.33. The fraction of sp³-hybridized carbons (Fsp3) is 0.440. The fourth-order valence-electron chi connectivity index (χ4n) is 5.13. The first kappa shape index (κ1) is 25.9. The Balaban J connectivity index is 1.91. The Morgan fingerprint density at radius 1 is 1.14 bits per heavy atom. The standard InChI is InChI=1S/C25H25F5N4O2S/c1-13-10-32(2)6-7-33(13)23-17-9-18(25(28,29)30)20(16-5-4-14(26)8-19(16)27)22-21(17)34(24(35)31-23)11-15(36-3)12-37-22/h4-5,8-9,13,15H,6-7,10-12H2,1-3H3. The van der Waals surface area contributed by atoms with Gasteiger partial charge in [0, 0.05) is 66.0 Å². The van der Waals surface area contributed by atoms with Crippen molar-refractivity contribution in [1.29, 1.82) is 0 Å². The van der Waals surface area contributed by atoms with Crippen LogP contribution >= 0.6 is 11.8 Å². The van der Waals surface area contributed by atoms with Crippen LogP contribution in [0.1, 0.15) is 12.5 Å². The number of benzene rings is 2. The van der Waals surface area contributed by atoms with E-state index in [1.165, 1.54) is 11.7 Å². The summed E-state index contributed by atoms with van der Waals surface area (Å²) in [6.45, 7) is 3.77. The van der Waals surface area contributed by atoms with E-state index in [1.807, 2.05) is 18.9 Å². The normalized spacial score (nSPS) is 20.9. The van der Waals surface area contributed by atoms with E-state index in [9.17, 15) is 26.7 Å². The molecule has 0 amide bonds. The van der Waals surface area contributed by atoms with Crippen LogP contribution in [0.3, 0.4) is 0 Å². The molecule has 2 aliphatic rings. The highest BCUT2D eigenvalue weighted by molar-refractivity contribution is 7.99. The van der Waals surface area contributed by atoms with Gasteiger partial charge in [0.15, 0.2) is 0 Å². The molecule has 5 rings (SSSR count). The molecule has 198 valence electrons. The van der Waals surface area contributed by atoms with Gasteiger partial charge in [0.25, 0.3) is 0 Å². The molecule has 2 aromatic carbocycles. The van der Waals surface area contributed by atoms with Crippen LogP contribution in [-0.2, 0) is 17.5 Å². The van der Waals surface area contributed by atoms with Crippen LogP contribution in [-0.4, -0.2) is 66.1 Å². The maximum absolute atomic E-state index is 15.0. The van der Waals surface area contributed by atoms with Crippen LogP contribution in [0.25, 0.3) is 22.0 Å². The van der Waals surface area contributed by atoms with E-state index in [2.05, 4.69) is 9.88 Å². The van der Waals surface area contributed by atoms with Gasteiger partial charge in [-0.2, -0.15) is 18.2 Å². The van der Waals surface area contributed by atoms with Crippen LogP contribution in [0.15, 0.2) is 34.0 Å². The maximum atomic E-state index is 15.0. The van der Waals surface area contributed by atoms with Crippen molar-refractivity contribution >= 4 is 28.5 Å². The highest BCUT2D eigenvalue weighted by Crippen LogP contribution is 2.49. The molecule has 1 fully saturated rings. The van der Waals surface area contributed by atoms with Gasteiger partial charge in [0.05, 0.1) is 23.7 Å². The first-order valence-corrected chi connectivity index (χ1v) is 12.7. The van der Waals surface area contributed by atoms with Crippen molar-refractivity contribution in [1.82, 2.24) is 14.5 Å². The van der Waals surface area contributed by atoms with Gasteiger partial charge in [0.1, 0.15) is 17.5 Å². The molecule has 12 heteroatoms. The Bertz CT molecular complexity index is 1430. The van der Waals surface area contributed by atoms with E-state index in [0.717, 1.165) is 30.0 Å². The summed E-state index contributed by atoms with van der Waals surface area (Å²) in [5, 5.41) is 0.161. The lowest BCUT2D eigenvalue weighted by atomic mass is 9.95. The number of aromatic nitrogens is 2. The molecule has 0 N–H and O–H groups in total. The molecule has 2 unspecified atom stereocenters. The van der Waals surface area contributed by atoms with Gasteiger partial charge in [-0.25, -0.2) is 13.6 Å². The van der Waals surface area contributed by atoms with Crippen molar-refractivity contribution in [3.8, 4) is 11.1 Å². The molecule has 3 heterocycles. The number of hydrogen-bond donors (Lipinski definition) is 0. The Labute approximate surface area is 214 Å². The zero-order valence-corrected chi connectivity index (χ0v) is 21.2. The summed E-state index contributed by atoms with van der Waals surface area (Å²) in [5.41, 5.74) is -2.25. The molecule has 1 saturated heterocycles. The molecule has 2 atom stereocenters. The molecule has 3 aromatic rings. The monoisotopic (exact) mass is 540 g/mol. The zero-order chi connectivity index (χ0) is 26.6. The van der Waals surface area contributed by atoms with Gasteiger partial charge in [-0.15, -0.1) is 11.8 Å². The molecular formula is C25H25F5N4O2S. The average molecular weight is 541 g/mol. The first-order chi connectivity index (χ1) is 17.5. The van der Waals surface area contributed by atoms with Gasteiger partial charge in [-0.3, -0.25) is 4.57 Å². The largest absolute Gasteiger partial charge is 0.417 e. The van der Waals surface area contributed by atoms with E-state index in [1.54, 1.807) is 0 Å². The molecular weight excluding hydrogens is 515 g/mol. The molecule has 0 aliphatic carbocycles. The number of rotatable bonds is 3. The second kappa shape index (κ2) is 9.55. The Hall–Kier alpha value is -2.70. The predicted molar refractivity (Wildman–Crippen MR) is 132 cm³/mol. The SMILES string of the molecule is COC1CSc2c(-c3ccc(F)cc3F)c(C(F)(F)F)cc3c(N4CCN(C)CC4C)nc(=O)n(c23)C1. The number of thioether (sulfide) groups is 1. The second-order valence-electron chi connectivity index (χ2n) is 9.45. The number of halogens is 5. The molecule has 1 aromatic heterocycles. The second-order valence-corrected chi connectivity index (χ2v) is 10.5. The van der Waals surface area contributed by atoms with Crippen LogP contribution in [0.4, 0.5) is 27.8 Å². The van der Waals surface area contributed by atoms with E-state index in [-0.39, 0.29) is 45.5 Å². The summed E-state index contributed by atoms with van der Waals surface area (Å²) < 4.78 is 79.3. The van der Waals surface area contributed by atoms with Crippen LogP contribution in [0.5, 0.6) is 0 Å². The number of methoxy groups -OCH3 is 1. The van der Waals surface area contributed by atoms with Gasteiger partial charge in [0.2, 0.25) is 0 Å². The average Bonchev–Trinajstić information content (AvgIpc) is 3.02. The van der Waals surface area contributed by atoms with Crippen molar-refractivity contribution in [3.05, 3.63) is 51.9 Å². The van der Waals surface area contributed by atoms with Crippen molar-refractivity contribution in [2.75, 3.05) is 44.4 Å². The zero-order valence-electron chi connectivity index (χ0n) is 20.4. The number of ether oxygens (including phenoxy) is 1. The van der Waals surface area contributed by atoms with Crippen LogP contribution < -0.4 is 10.6 Å². The molecule has 0 spiro atoms. The summed E-state index contributed by atoms with van der Waals surface area (Å²) in [4.78, 5) is 21.7. The molecule has 0 bridgehead atoms. The van der Waals surface area contributed by atoms with E-state index in [4.69, 9.17) is 4.74 Å². The van der Waals surface area contributed by atoms with Crippen molar-refractivity contribution < 1.29 is 26.7 Å². The number of hydrogen-bond acceptors (Lipinski definition) is 6. The quantitative estimate of drug-likeness (QED) is 0.452. The lowest BCUT2D eigenvalue weighted by molar-refractivity contribution is -0.137. The number of anilines is 1. The number of likely N-dealkylation sites (N-methyl/N-ethyl adjacent to an activating group) is 1. The topological polar surface area (TPSA) is 50.6 Å². The minimum atomic E-state index is -4.86. The molecule has 0 saturated carbocycles. The third-order valence-corrected chi connectivity index (χ3v) is 8.16. The fourth-order valence-corrected chi connectivity index (χ4v) is 6.45. The Kier molecular flexibility index (Phi) is 6.70. The summed E-state index contributed by atoms with van der Waals surface area (Å²) in [7, 11) is 3.41. The lowest BCUT2D eigenvalue weighted by Gasteiger charge is -2.39. The first-order valence-electron chi connectivity index (χ1n) is 11.7. The number of piperazine rings is 1. The molecule has 37 heavy (non-hydrogen) atoms. The predicted octanol–water partition coefficient (Wildman–Crippen LogP) is 4.62. The van der Waals surface area contributed by atoms with E-state index >= 15 is 0 Å². The van der Waals surface area contributed by atoms with E-state index in [0.29, 0.717) is 25.7 Å². The summed E-state index contributed by atoms with van der Waals surface area (Å²) in [6.07, 6.45) is -5.35. The summed E-state index contributed by atoms with van der Waals surface area (Å²) >= 11 is 1.06.